The van der Waals surface area contributed by atoms with Crippen LogP contribution in [0.15, 0.2) is 24.9 Å². The van der Waals surface area contributed by atoms with Gasteiger partial charge in [0, 0.05) is 42.8 Å². The van der Waals surface area contributed by atoms with E-state index < -0.39 is 0 Å². The molecular formula is C16H18N6O. The molecule has 3 heterocycles. The normalized spacial score (nSPS) is 19.7. The molecule has 1 fully saturated rings. The second-order valence-electron chi connectivity index (χ2n) is 5.97. The summed E-state index contributed by atoms with van der Waals surface area (Å²) in [5, 5.41) is 3.04. The van der Waals surface area contributed by atoms with Gasteiger partial charge < -0.3 is 10.2 Å². The number of anilines is 1. The summed E-state index contributed by atoms with van der Waals surface area (Å²) >= 11 is 0. The highest BCUT2D eigenvalue weighted by molar-refractivity contribution is 5.92. The van der Waals surface area contributed by atoms with Gasteiger partial charge in [-0.15, -0.1) is 0 Å². The van der Waals surface area contributed by atoms with Crippen molar-refractivity contribution in [2.45, 2.75) is 31.7 Å². The molecule has 0 saturated carbocycles. The average Bonchev–Trinajstić information content (AvgIpc) is 3.24. The van der Waals surface area contributed by atoms with E-state index in [1.165, 1.54) is 23.7 Å². The van der Waals surface area contributed by atoms with E-state index in [-0.39, 0.29) is 11.9 Å². The van der Waals surface area contributed by atoms with Crippen LogP contribution in [0.1, 0.15) is 34.6 Å². The van der Waals surface area contributed by atoms with E-state index in [0.29, 0.717) is 5.69 Å². The Bertz CT molecular complexity index is 720. The largest absolute Gasteiger partial charge is 0.354 e. The molecule has 7 nitrogen and oxygen atoms in total. The van der Waals surface area contributed by atoms with Gasteiger partial charge in [-0.2, -0.15) is 0 Å². The van der Waals surface area contributed by atoms with E-state index in [4.69, 9.17) is 0 Å². The van der Waals surface area contributed by atoms with Crippen molar-refractivity contribution in [2.24, 2.45) is 0 Å². The lowest BCUT2D eigenvalue weighted by atomic mass is 10.2. The van der Waals surface area contributed by atoms with E-state index in [0.717, 1.165) is 44.6 Å². The lowest BCUT2D eigenvalue weighted by molar-refractivity contribution is 0.0935. The van der Waals surface area contributed by atoms with E-state index in [9.17, 15) is 4.79 Å². The van der Waals surface area contributed by atoms with Gasteiger partial charge in [0.25, 0.3) is 5.91 Å². The van der Waals surface area contributed by atoms with Crippen LogP contribution >= 0.6 is 0 Å². The second kappa shape index (κ2) is 5.91. The molecule has 2 aromatic heterocycles. The zero-order valence-corrected chi connectivity index (χ0v) is 12.8. The Morgan fingerprint density at radius 3 is 3.04 bits per heavy atom. The third-order valence-corrected chi connectivity index (χ3v) is 4.47. The molecule has 1 N–H and O–H groups in total. The van der Waals surface area contributed by atoms with Crippen LogP contribution in [0, 0.1) is 0 Å². The van der Waals surface area contributed by atoms with Gasteiger partial charge in [0.15, 0.2) is 0 Å². The Kier molecular flexibility index (Phi) is 3.61. The highest BCUT2D eigenvalue weighted by atomic mass is 16.2. The fourth-order valence-electron chi connectivity index (χ4n) is 3.36. The molecule has 0 bridgehead atoms. The number of nitrogens with one attached hydrogen (secondary N) is 1. The fraction of sp³-hybridized carbons (Fsp3) is 0.438. The summed E-state index contributed by atoms with van der Waals surface area (Å²) in [5.41, 5.74) is 2.82. The molecule has 1 amide bonds. The second-order valence-corrected chi connectivity index (χ2v) is 5.97. The zero-order chi connectivity index (χ0) is 15.6. The zero-order valence-electron chi connectivity index (χ0n) is 12.8. The first kappa shape index (κ1) is 14.0. The van der Waals surface area contributed by atoms with E-state index in [2.05, 4.69) is 30.2 Å². The molecule has 1 atom stereocenters. The van der Waals surface area contributed by atoms with Crippen LogP contribution in [0.3, 0.4) is 0 Å². The predicted octanol–water partition coefficient (Wildman–Crippen LogP) is 0.764. The highest BCUT2D eigenvalue weighted by Gasteiger charge is 2.28. The van der Waals surface area contributed by atoms with Crippen LogP contribution < -0.4 is 10.2 Å². The number of carbonyl (C=O) groups excluding carboxylic acids is 1. The van der Waals surface area contributed by atoms with E-state index >= 15 is 0 Å². The van der Waals surface area contributed by atoms with Crippen molar-refractivity contribution >= 4 is 11.7 Å². The average molecular weight is 310 g/mol. The lowest BCUT2D eigenvalue weighted by Crippen LogP contribution is -2.37. The molecule has 4 rings (SSSR count). The third kappa shape index (κ3) is 2.74. The minimum Gasteiger partial charge on any atom is -0.354 e. The topological polar surface area (TPSA) is 83.9 Å². The molecule has 2 aliphatic rings. The molecule has 0 spiro atoms. The van der Waals surface area contributed by atoms with Gasteiger partial charge >= 0.3 is 0 Å². The maximum atomic E-state index is 12.2. The van der Waals surface area contributed by atoms with Gasteiger partial charge in [0.1, 0.15) is 17.8 Å². The lowest BCUT2D eigenvalue weighted by Gasteiger charge is -2.20. The SMILES string of the molecule is O=C(N[C@@H]1CCN(c2ncnc3c2CCC3)C1)c1cnccn1. The molecule has 2 aromatic rings. The van der Waals surface area contributed by atoms with Gasteiger partial charge in [-0.05, 0) is 25.7 Å². The number of hydrogen-bond donors (Lipinski definition) is 1. The molecule has 0 radical (unpaired) electrons. The van der Waals surface area contributed by atoms with Gasteiger partial charge in [-0.1, -0.05) is 0 Å². The van der Waals surface area contributed by atoms with Crippen LogP contribution in [0.4, 0.5) is 5.82 Å². The first-order valence-corrected chi connectivity index (χ1v) is 7.96. The van der Waals surface area contributed by atoms with E-state index in [1.54, 1.807) is 12.5 Å². The molecule has 1 saturated heterocycles. The summed E-state index contributed by atoms with van der Waals surface area (Å²) in [6.45, 7) is 1.67. The predicted molar refractivity (Wildman–Crippen MR) is 84.2 cm³/mol. The molecule has 118 valence electrons. The number of aryl methyl sites for hydroxylation is 1. The van der Waals surface area contributed by atoms with Crippen molar-refractivity contribution < 1.29 is 4.79 Å². The number of nitrogens with zero attached hydrogens (tertiary/aromatic N) is 5. The van der Waals surface area contributed by atoms with Gasteiger partial charge in [-0.25, -0.2) is 15.0 Å². The molecule has 0 aromatic carbocycles. The highest BCUT2D eigenvalue weighted by Crippen LogP contribution is 2.29. The van der Waals surface area contributed by atoms with E-state index in [1.807, 2.05) is 0 Å². The van der Waals surface area contributed by atoms with Crippen molar-refractivity contribution in [2.75, 3.05) is 18.0 Å². The molecule has 23 heavy (non-hydrogen) atoms. The maximum Gasteiger partial charge on any atom is 0.271 e. The number of rotatable bonds is 3. The van der Waals surface area contributed by atoms with Crippen molar-refractivity contribution in [1.29, 1.82) is 0 Å². The minimum absolute atomic E-state index is 0.108. The minimum atomic E-state index is -0.169. The first-order valence-electron chi connectivity index (χ1n) is 7.96. The first-order chi connectivity index (χ1) is 11.3. The Morgan fingerprint density at radius 2 is 2.17 bits per heavy atom. The van der Waals surface area contributed by atoms with Crippen LogP contribution in [-0.4, -0.2) is 45.0 Å². The Hall–Kier alpha value is -2.57. The van der Waals surface area contributed by atoms with Gasteiger partial charge in [-0.3, -0.25) is 9.78 Å². The summed E-state index contributed by atoms with van der Waals surface area (Å²) in [4.78, 5) is 31.3. The number of carbonyl (C=O) groups is 1. The fourth-order valence-corrected chi connectivity index (χ4v) is 3.36. The Morgan fingerprint density at radius 1 is 1.22 bits per heavy atom. The van der Waals surface area contributed by atoms with Gasteiger partial charge in [0.05, 0.1) is 6.20 Å². The third-order valence-electron chi connectivity index (χ3n) is 4.47. The molecular weight excluding hydrogens is 292 g/mol. The molecule has 1 aliphatic heterocycles. The summed E-state index contributed by atoms with van der Waals surface area (Å²) in [6.07, 6.45) is 10.4. The van der Waals surface area contributed by atoms with Crippen LogP contribution in [0.2, 0.25) is 0 Å². The monoisotopic (exact) mass is 310 g/mol. The van der Waals surface area contributed by atoms with Crippen LogP contribution in [0.25, 0.3) is 0 Å². The van der Waals surface area contributed by atoms with Crippen molar-refractivity contribution in [3.05, 3.63) is 41.9 Å². The number of amides is 1. The van der Waals surface area contributed by atoms with Gasteiger partial charge in [0.2, 0.25) is 0 Å². The van der Waals surface area contributed by atoms with Crippen molar-refractivity contribution in [3.63, 3.8) is 0 Å². The summed E-state index contributed by atoms with van der Waals surface area (Å²) in [6, 6.07) is 0.108. The molecule has 1 aliphatic carbocycles. The molecule has 7 heteroatoms. The number of aromatic nitrogens is 4. The smallest absolute Gasteiger partial charge is 0.271 e. The summed E-state index contributed by atoms with van der Waals surface area (Å²) < 4.78 is 0. The summed E-state index contributed by atoms with van der Waals surface area (Å²) in [5.74, 6) is 0.876. The Balaban J connectivity index is 1.44. The summed E-state index contributed by atoms with van der Waals surface area (Å²) in [7, 11) is 0. The van der Waals surface area contributed by atoms with Crippen LogP contribution in [-0.2, 0) is 12.8 Å². The quantitative estimate of drug-likeness (QED) is 0.901. The number of fused-ring (bicyclic) bond motifs is 1. The maximum absolute atomic E-state index is 12.2. The Labute approximate surface area is 134 Å². The van der Waals surface area contributed by atoms with Crippen molar-refractivity contribution in [3.8, 4) is 0 Å². The molecule has 0 unspecified atom stereocenters. The standard InChI is InChI=1S/C16H18N6O/c23-16(14-8-17-5-6-18-14)21-11-4-7-22(9-11)15-12-2-1-3-13(12)19-10-20-15/h5-6,8,10-11H,1-4,7,9H2,(H,21,23)/t11-/m1/s1. The van der Waals surface area contributed by atoms with Crippen molar-refractivity contribution in [1.82, 2.24) is 25.3 Å². The van der Waals surface area contributed by atoms with Crippen LogP contribution in [0.5, 0.6) is 0 Å². The number of hydrogen-bond acceptors (Lipinski definition) is 6.